The average Bonchev–Trinajstić information content (AvgIpc) is 3.43. The van der Waals surface area contributed by atoms with Gasteiger partial charge in [-0.2, -0.15) is 0 Å². The fourth-order valence-corrected chi connectivity index (χ4v) is 4.16. The number of hydrogen-bond donors (Lipinski definition) is 2. The van der Waals surface area contributed by atoms with Crippen LogP contribution in [0, 0.1) is 0 Å². The van der Waals surface area contributed by atoms with Crippen molar-refractivity contribution in [1.29, 1.82) is 0 Å². The van der Waals surface area contributed by atoms with Crippen molar-refractivity contribution in [3.8, 4) is 11.5 Å². The molecule has 1 aromatic heterocycles. The second-order valence-corrected chi connectivity index (χ2v) is 7.84. The number of nitrogens with one attached hydrogen (secondary N) is 2. The normalized spacial score (nSPS) is 17.7. The number of benzene rings is 1. The molecule has 1 unspecified atom stereocenters. The van der Waals surface area contributed by atoms with Crippen molar-refractivity contribution in [3.63, 3.8) is 0 Å². The van der Waals surface area contributed by atoms with Crippen molar-refractivity contribution in [2.24, 2.45) is 0 Å². The van der Waals surface area contributed by atoms with Gasteiger partial charge < -0.3 is 14.4 Å². The molecule has 3 heterocycles. The van der Waals surface area contributed by atoms with Crippen LogP contribution < -0.4 is 20.3 Å². The quantitative estimate of drug-likeness (QED) is 0.738. The van der Waals surface area contributed by atoms with Gasteiger partial charge in [-0.3, -0.25) is 25.2 Å². The molecule has 1 aromatic carbocycles. The molecule has 1 saturated heterocycles. The smallest absolute Gasteiger partial charge is 0.269 e. The Morgan fingerprint density at radius 1 is 1.10 bits per heavy atom. The van der Waals surface area contributed by atoms with E-state index < -0.39 is 17.9 Å². The van der Waals surface area contributed by atoms with Crippen molar-refractivity contribution in [2.75, 3.05) is 19.8 Å². The summed E-state index contributed by atoms with van der Waals surface area (Å²) in [6.45, 7) is 1.43. The van der Waals surface area contributed by atoms with Gasteiger partial charge >= 0.3 is 0 Å². The van der Waals surface area contributed by atoms with Crippen LogP contribution in [-0.2, 0) is 16.0 Å². The number of fused-ring (bicyclic) bond motifs is 1. The lowest BCUT2D eigenvalue weighted by atomic mass is 10.2. The molecular formula is C20H21N3O5S. The Kier molecular flexibility index (Phi) is 5.66. The molecule has 2 aliphatic heterocycles. The van der Waals surface area contributed by atoms with Crippen molar-refractivity contribution in [2.45, 2.75) is 25.3 Å². The van der Waals surface area contributed by atoms with Gasteiger partial charge in [-0.25, -0.2) is 0 Å². The van der Waals surface area contributed by atoms with E-state index in [4.69, 9.17) is 9.47 Å². The molecule has 0 bridgehead atoms. The second kappa shape index (κ2) is 8.52. The maximum atomic E-state index is 12.6. The molecule has 2 aliphatic rings. The number of hydrogen-bond acceptors (Lipinski definition) is 6. The third-order valence-electron chi connectivity index (χ3n) is 4.88. The summed E-state index contributed by atoms with van der Waals surface area (Å²) >= 11 is 1.52. The van der Waals surface area contributed by atoms with Crippen LogP contribution >= 0.6 is 11.3 Å². The number of hydrazine groups is 1. The van der Waals surface area contributed by atoms with E-state index in [2.05, 4.69) is 10.9 Å². The van der Waals surface area contributed by atoms with E-state index >= 15 is 0 Å². The maximum absolute atomic E-state index is 12.6. The highest BCUT2D eigenvalue weighted by Gasteiger charge is 2.34. The SMILES string of the molecule is O=C(NNC(=O)C1CCCN1C(=O)Cc1cccs1)c1ccc2c(c1)OCCO2. The molecule has 2 N–H and O–H groups in total. The summed E-state index contributed by atoms with van der Waals surface area (Å²) in [6.07, 6.45) is 1.61. The Morgan fingerprint density at radius 2 is 1.93 bits per heavy atom. The van der Waals surface area contributed by atoms with Crippen LogP contribution in [0.2, 0.25) is 0 Å². The number of nitrogens with zero attached hydrogens (tertiary/aromatic N) is 1. The van der Waals surface area contributed by atoms with Crippen molar-refractivity contribution < 1.29 is 23.9 Å². The maximum Gasteiger partial charge on any atom is 0.269 e. The first-order valence-electron chi connectivity index (χ1n) is 9.43. The van der Waals surface area contributed by atoms with E-state index in [9.17, 15) is 14.4 Å². The summed E-state index contributed by atoms with van der Waals surface area (Å²) in [5, 5.41) is 1.92. The molecule has 0 aliphatic carbocycles. The standard InChI is InChI=1S/C20H21N3O5S/c24-18(12-14-3-2-10-29-14)23-7-1-4-15(23)20(26)22-21-19(25)13-5-6-16-17(11-13)28-9-8-27-16/h2-3,5-6,10-11,15H,1,4,7-9,12H2,(H,21,25)(H,22,26). The van der Waals surface area contributed by atoms with Crippen LogP contribution in [0.15, 0.2) is 35.7 Å². The first-order chi connectivity index (χ1) is 14.1. The molecular weight excluding hydrogens is 394 g/mol. The van der Waals surface area contributed by atoms with Crippen molar-refractivity contribution in [1.82, 2.24) is 15.8 Å². The molecule has 0 saturated carbocycles. The minimum Gasteiger partial charge on any atom is -0.486 e. The van der Waals surface area contributed by atoms with Crippen LogP contribution in [0.3, 0.4) is 0 Å². The first kappa shape index (κ1) is 19.3. The van der Waals surface area contributed by atoms with E-state index in [1.165, 1.54) is 11.3 Å². The number of likely N-dealkylation sites (tertiary alicyclic amines) is 1. The van der Waals surface area contributed by atoms with Gasteiger partial charge in [0, 0.05) is 17.0 Å². The van der Waals surface area contributed by atoms with Gasteiger partial charge in [0.25, 0.3) is 11.8 Å². The van der Waals surface area contributed by atoms with Gasteiger partial charge in [-0.15, -0.1) is 11.3 Å². The summed E-state index contributed by atoms with van der Waals surface area (Å²) in [5.74, 6) is 0.139. The van der Waals surface area contributed by atoms with E-state index in [-0.39, 0.29) is 12.3 Å². The molecule has 0 spiro atoms. The Balaban J connectivity index is 1.33. The highest BCUT2D eigenvalue weighted by Crippen LogP contribution is 2.30. The number of amides is 3. The number of rotatable bonds is 4. The fourth-order valence-electron chi connectivity index (χ4n) is 3.46. The number of ether oxygens (including phenoxy) is 2. The van der Waals surface area contributed by atoms with Gasteiger partial charge in [-0.05, 0) is 42.5 Å². The lowest BCUT2D eigenvalue weighted by Gasteiger charge is -2.24. The van der Waals surface area contributed by atoms with E-state index in [0.717, 1.165) is 11.3 Å². The predicted octanol–water partition coefficient (Wildman–Crippen LogP) is 1.51. The number of thiophene rings is 1. The highest BCUT2D eigenvalue weighted by atomic mass is 32.1. The van der Waals surface area contributed by atoms with Crippen molar-refractivity contribution >= 4 is 29.1 Å². The average molecular weight is 415 g/mol. The van der Waals surface area contributed by atoms with Crippen LogP contribution in [0.5, 0.6) is 11.5 Å². The Bertz CT molecular complexity index is 915. The number of carbonyl (C=O) groups excluding carboxylic acids is 3. The Labute approximate surface area is 171 Å². The minimum atomic E-state index is -0.581. The molecule has 152 valence electrons. The monoisotopic (exact) mass is 415 g/mol. The van der Waals surface area contributed by atoms with Gasteiger partial charge in [0.1, 0.15) is 19.3 Å². The third-order valence-corrected chi connectivity index (χ3v) is 5.76. The van der Waals surface area contributed by atoms with Crippen LogP contribution in [0.1, 0.15) is 28.1 Å². The second-order valence-electron chi connectivity index (χ2n) is 6.80. The fraction of sp³-hybridized carbons (Fsp3) is 0.350. The zero-order chi connectivity index (χ0) is 20.2. The highest BCUT2D eigenvalue weighted by molar-refractivity contribution is 7.10. The lowest BCUT2D eigenvalue weighted by Crippen LogP contribution is -2.51. The van der Waals surface area contributed by atoms with Gasteiger partial charge in [0.15, 0.2) is 11.5 Å². The predicted molar refractivity (Wildman–Crippen MR) is 106 cm³/mol. The number of carbonyl (C=O) groups is 3. The third kappa shape index (κ3) is 4.34. The van der Waals surface area contributed by atoms with E-state index in [1.54, 1.807) is 23.1 Å². The molecule has 4 rings (SSSR count). The molecule has 1 atom stereocenters. The molecule has 0 radical (unpaired) electrons. The Hall–Kier alpha value is -3.07. The molecule has 3 amide bonds. The first-order valence-corrected chi connectivity index (χ1v) is 10.3. The summed E-state index contributed by atoms with van der Waals surface area (Å²) in [7, 11) is 0. The lowest BCUT2D eigenvalue weighted by molar-refractivity contribution is -0.138. The van der Waals surface area contributed by atoms with Crippen LogP contribution in [0.4, 0.5) is 0 Å². The molecule has 8 nitrogen and oxygen atoms in total. The van der Waals surface area contributed by atoms with Gasteiger partial charge in [-0.1, -0.05) is 6.07 Å². The van der Waals surface area contributed by atoms with E-state index in [0.29, 0.717) is 43.2 Å². The topological polar surface area (TPSA) is 97.0 Å². The summed E-state index contributed by atoms with van der Waals surface area (Å²) < 4.78 is 10.9. The zero-order valence-electron chi connectivity index (χ0n) is 15.7. The molecule has 29 heavy (non-hydrogen) atoms. The largest absolute Gasteiger partial charge is 0.486 e. The van der Waals surface area contributed by atoms with E-state index in [1.807, 2.05) is 17.5 Å². The molecule has 1 fully saturated rings. The van der Waals surface area contributed by atoms with Gasteiger partial charge in [0.05, 0.1) is 6.42 Å². The molecule has 2 aromatic rings. The minimum absolute atomic E-state index is 0.0803. The summed E-state index contributed by atoms with van der Waals surface area (Å²) in [5.41, 5.74) is 5.20. The Morgan fingerprint density at radius 3 is 2.72 bits per heavy atom. The summed E-state index contributed by atoms with van der Waals surface area (Å²) in [6, 6.07) is 8.05. The molecule has 9 heteroatoms. The van der Waals surface area contributed by atoms with Crippen LogP contribution in [-0.4, -0.2) is 48.4 Å². The zero-order valence-corrected chi connectivity index (χ0v) is 16.5. The summed E-state index contributed by atoms with van der Waals surface area (Å²) in [4.78, 5) is 40.1. The van der Waals surface area contributed by atoms with Gasteiger partial charge in [0.2, 0.25) is 5.91 Å². The van der Waals surface area contributed by atoms with Crippen LogP contribution in [0.25, 0.3) is 0 Å². The van der Waals surface area contributed by atoms with Crippen molar-refractivity contribution in [3.05, 3.63) is 46.2 Å².